The highest BCUT2D eigenvalue weighted by atomic mass is 32.1. The lowest BCUT2D eigenvalue weighted by molar-refractivity contribution is 0.416. The van der Waals surface area contributed by atoms with E-state index >= 15 is 0 Å². The second kappa shape index (κ2) is 6.39. The summed E-state index contributed by atoms with van der Waals surface area (Å²) in [6, 6.07) is 7.80. The zero-order valence-electron chi connectivity index (χ0n) is 10.9. The predicted octanol–water partition coefficient (Wildman–Crippen LogP) is 2.80. The third-order valence-electron chi connectivity index (χ3n) is 3.27. The van der Waals surface area contributed by atoms with E-state index in [-0.39, 0.29) is 0 Å². The molecule has 1 aliphatic carbocycles. The Labute approximate surface area is 118 Å². The van der Waals surface area contributed by atoms with Gasteiger partial charge in [-0.25, -0.2) is 0 Å². The smallest absolute Gasteiger partial charge is 0.171 e. The van der Waals surface area contributed by atoms with Gasteiger partial charge in [0.25, 0.3) is 0 Å². The van der Waals surface area contributed by atoms with Gasteiger partial charge in [-0.2, -0.15) is 5.26 Å². The van der Waals surface area contributed by atoms with Crippen molar-refractivity contribution < 1.29 is 4.74 Å². The van der Waals surface area contributed by atoms with Gasteiger partial charge < -0.3 is 15.4 Å². The van der Waals surface area contributed by atoms with Crippen LogP contribution in [0.3, 0.4) is 0 Å². The third kappa shape index (κ3) is 3.58. The van der Waals surface area contributed by atoms with Crippen LogP contribution in [0.4, 0.5) is 5.69 Å². The van der Waals surface area contributed by atoms with Crippen molar-refractivity contribution in [3.8, 4) is 11.8 Å². The van der Waals surface area contributed by atoms with E-state index in [0.29, 0.717) is 22.5 Å². The van der Waals surface area contributed by atoms with Crippen LogP contribution in [0.1, 0.15) is 31.2 Å². The highest BCUT2D eigenvalue weighted by molar-refractivity contribution is 7.80. The summed E-state index contributed by atoms with van der Waals surface area (Å²) >= 11 is 5.30. The fourth-order valence-electron chi connectivity index (χ4n) is 2.28. The highest BCUT2D eigenvalue weighted by Crippen LogP contribution is 2.25. The molecule has 0 bridgehead atoms. The van der Waals surface area contributed by atoms with Gasteiger partial charge >= 0.3 is 0 Å². The Morgan fingerprint density at radius 2 is 2.16 bits per heavy atom. The van der Waals surface area contributed by atoms with Crippen LogP contribution in [-0.2, 0) is 0 Å². The summed E-state index contributed by atoms with van der Waals surface area (Å²) in [6.45, 7) is 0. The second-order valence-corrected chi connectivity index (χ2v) is 5.01. The second-order valence-electron chi connectivity index (χ2n) is 4.61. The summed E-state index contributed by atoms with van der Waals surface area (Å²) in [4.78, 5) is 0. The number of hydrogen-bond donors (Lipinski definition) is 2. The van der Waals surface area contributed by atoms with Gasteiger partial charge in [-0.15, -0.1) is 0 Å². The molecule has 100 valence electrons. The number of nitriles is 1. The van der Waals surface area contributed by atoms with Crippen molar-refractivity contribution in [1.82, 2.24) is 5.32 Å². The maximum Gasteiger partial charge on any atom is 0.171 e. The molecule has 0 saturated heterocycles. The van der Waals surface area contributed by atoms with Crippen LogP contribution in [0.25, 0.3) is 0 Å². The molecular weight excluding hydrogens is 258 g/mol. The molecule has 1 fully saturated rings. The molecule has 0 amide bonds. The summed E-state index contributed by atoms with van der Waals surface area (Å²) in [5.74, 6) is 0.620. The minimum absolute atomic E-state index is 0.476. The van der Waals surface area contributed by atoms with Crippen molar-refractivity contribution in [2.24, 2.45) is 0 Å². The van der Waals surface area contributed by atoms with Gasteiger partial charge in [-0.05, 0) is 37.2 Å². The molecule has 4 nitrogen and oxygen atoms in total. The Hall–Kier alpha value is -1.80. The zero-order valence-corrected chi connectivity index (χ0v) is 11.7. The van der Waals surface area contributed by atoms with Gasteiger partial charge in [0.15, 0.2) is 5.11 Å². The van der Waals surface area contributed by atoms with Crippen molar-refractivity contribution in [3.05, 3.63) is 23.8 Å². The minimum Gasteiger partial charge on any atom is -0.495 e. The first kappa shape index (κ1) is 13.6. The summed E-state index contributed by atoms with van der Waals surface area (Å²) < 4.78 is 5.26. The van der Waals surface area contributed by atoms with Crippen LogP contribution in [0, 0.1) is 11.3 Å². The van der Waals surface area contributed by atoms with E-state index in [4.69, 9.17) is 22.2 Å². The molecule has 0 radical (unpaired) electrons. The van der Waals surface area contributed by atoms with Crippen LogP contribution < -0.4 is 15.4 Å². The molecule has 1 aliphatic rings. The number of thiocarbonyl (C=S) groups is 1. The first-order valence-electron chi connectivity index (χ1n) is 6.38. The van der Waals surface area contributed by atoms with E-state index in [9.17, 15) is 0 Å². The number of hydrogen-bond acceptors (Lipinski definition) is 3. The standard InChI is InChI=1S/C14H17N3OS/c1-18-13-8-10(9-15)6-7-12(13)17-14(19)16-11-4-2-3-5-11/h6-8,11H,2-5H2,1H3,(H2,16,17,19). The predicted molar refractivity (Wildman–Crippen MR) is 79.3 cm³/mol. The van der Waals surface area contributed by atoms with E-state index in [1.165, 1.54) is 25.7 Å². The number of nitrogens with one attached hydrogen (secondary N) is 2. The molecule has 0 aromatic heterocycles. The largest absolute Gasteiger partial charge is 0.495 e. The van der Waals surface area contributed by atoms with E-state index in [1.807, 2.05) is 0 Å². The SMILES string of the molecule is COc1cc(C#N)ccc1NC(=S)NC1CCCC1. The van der Waals surface area contributed by atoms with Crippen LogP contribution in [-0.4, -0.2) is 18.3 Å². The van der Waals surface area contributed by atoms with E-state index in [1.54, 1.807) is 25.3 Å². The van der Waals surface area contributed by atoms with Crippen molar-refractivity contribution in [2.75, 3.05) is 12.4 Å². The molecule has 19 heavy (non-hydrogen) atoms. The Kier molecular flexibility index (Phi) is 4.58. The Bertz CT molecular complexity index is 504. The number of anilines is 1. The van der Waals surface area contributed by atoms with Gasteiger partial charge in [0, 0.05) is 12.1 Å². The lowest BCUT2D eigenvalue weighted by Gasteiger charge is -2.17. The zero-order chi connectivity index (χ0) is 13.7. The molecule has 0 spiro atoms. The first-order valence-corrected chi connectivity index (χ1v) is 6.79. The van der Waals surface area contributed by atoms with Crippen molar-refractivity contribution >= 4 is 23.0 Å². The topological polar surface area (TPSA) is 57.1 Å². The molecule has 1 aromatic carbocycles. The van der Waals surface area contributed by atoms with E-state index < -0.39 is 0 Å². The summed E-state index contributed by atoms with van der Waals surface area (Å²) in [7, 11) is 1.58. The Balaban J connectivity index is 2.01. The average molecular weight is 275 g/mol. The number of methoxy groups -OCH3 is 1. The van der Waals surface area contributed by atoms with E-state index in [0.717, 1.165) is 5.69 Å². The quantitative estimate of drug-likeness (QED) is 0.831. The van der Waals surface area contributed by atoms with Crippen molar-refractivity contribution in [2.45, 2.75) is 31.7 Å². The lowest BCUT2D eigenvalue weighted by atomic mass is 10.2. The molecular formula is C14H17N3OS. The van der Waals surface area contributed by atoms with Gasteiger partial charge in [0.1, 0.15) is 5.75 Å². The lowest BCUT2D eigenvalue weighted by Crippen LogP contribution is -2.36. The van der Waals surface area contributed by atoms with Gasteiger partial charge in [-0.1, -0.05) is 12.8 Å². The van der Waals surface area contributed by atoms with Crippen molar-refractivity contribution in [1.29, 1.82) is 5.26 Å². The number of rotatable bonds is 3. The molecule has 2 N–H and O–H groups in total. The monoisotopic (exact) mass is 275 g/mol. The van der Waals surface area contributed by atoms with Crippen LogP contribution in [0.2, 0.25) is 0 Å². The number of ether oxygens (including phenoxy) is 1. The number of benzene rings is 1. The average Bonchev–Trinajstić information content (AvgIpc) is 2.91. The van der Waals surface area contributed by atoms with Gasteiger partial charge in [0.05, 0.1) is 24.4 Å². The summed E-state index contributed by atoms with van der Waals surface area (Å²) in [6.07, 6.45) is 4.87. The fraction of sp³-hybridized carbons (Fsp3) is 0.429. The molecule has 0 unspecified atom stereocenters. The molecule has 5 heteroatoms. The minimum atomic E-state index is 0.476. The molecule has 0 aliphatic heterocycles. The molecule has 1 saturated carbocycles. The van der Waals surface area contributed by atoms with E-state index in [2.05, 4.69) is 16.7 Å². The highest BCUT2D eigenvalue weighted by Gasteiger charge is 2.16. The third-order valence-corrected chi connectivity index (χ3v) is 3.49. The Morgan fingerprint density at radius 3 is 2.79 bits per heavy atom. The van der Waals surface area contributed by atoms with Crippen LogP contribution in [0.15, 0.2) is 18.2 Å². The molecule has 1 aromatic rings. The van der Waals surface area contributed by atoms with Gasteiger partial charge in [0.2, 0.25) is 0 Å². The normalized spacial score (nSPS) is 14.7. The Morgan fingerprint density at radius 1 is 1.42 bits per heavy atom. The van der Waals surface area contributed by atoms with Crippen molar-refractivity contribution in [3.63, 3.8) is 0 Å². The van der Waals surface area contributed by atoms with Crippen LogP contribution >= 0.6 is 12.2 Å². The summed E-state index contributed by atoms with van der Waals surface area (Å²) in [5, 5.41) is 15.9. The van der Waals surface area contributed by atoms with Crippen LogP contribution in [0.5, 0.6) is 5.75 Å². The number of nitrogens with zero attached hydrogens (tertiary/aromatic N) is 1. The first-order chi connectivity index (χ1) is 9.22. The maximum atomic E-state index is 8.86. The molecule has 2 rings (SSSR count). The molecule has 0 heterocycles. The molecule has 0 atom stereocenters. The fourth-order valence-corrected chi connectivity index (χ4v) is 2.55. The van der Waals surface area contributed by atoms with Gasteiger partial charge in [-0.3, -0.25) is 0 Å². The maximum absolute atomic E-state index is 8.86. The summed E-state index contributed by atoms with van der Waals surface area (Å²) in [5.41, 5.74) is 1.34.